The van der Waals surface area contributed by atoms with E-state index < -0.39 is 0 Å². The Kier molecular flexibility index (Phi) is 13.1. The Morgan fingerprint density at radius 2 is 1.75 bits per heavy atom. The van der Waals surface area contributed by atoms with Crippen LogP contribution in [0.15, 0.2) is 0 Å². The molecule has 0 aromatic carbocycles. The van der Waals surface area contributed by atoms with Gasteiger partial charge in [0.05, 0.1) is 6.61 Å². The molecule has 76 valence electrons. The van der Waals surface area contributed by atoms with Crippen LogP contribution in [-0.4, -0.2) is 39.3 Å². The van der Waals surface area contributed by atoms with Crippen molar-refractivity contribution in [3.63, 3.8) is 0 Å². The average Bonchev–Trinajstić information content (AvgIpc) is 2.07. The summed E-state index contributed by atoms with van der Waals surface area (Å²) in [5, 5.41) is 0. The van der Waals surface area contributed by atoms with E-state index in [2.05, 4.69) is 25.9 Å². The van der Waals surface area contributed by atoms with Crippen LogP contribution in [0.1, 0.15) is 27.2 Å². The van der Waals surface area contributed by atoms with Gasteiger partial charge >= 0.3 is 0 Å². The largest absolute Gasteiger partial charge is 0.384 e. The van der Waals surface area contributed by atoms with E-state index in [4.69, 9.17) is 4.74 Å². The molecule has 0 spiro atoms. The van der Waals surface area contributed by atoms with Crippen molar-refractivity contribution in [2.75, 3.05) is 34.4 Å². The molecule has 0 aliphatic rings. The predicted molar refractivity (Wildman–Crippen MR) is 55.6 cm³/mol. The lowest BCUT2D eigenvalue weighted by Gasteiger charge is -2.18. The Labute approximate surface area is 77.9 Å². The highest BCUT2D eigenvalue weighted by Crippen LogP contribution is 2.02. The fourth-order valence-electron chi connectivity index (χ4n) is 1.05. The summed E-state index contributed by atoms with van der Waals surface area (Å²) in [7, 11) is 5.95. The molecule has 0 aromatic heterocycles. The number of hydrogen-bond acceptors (Lipinski definition) is 2. The SMILES string of the molecule is CC.CCC(COC)CN(C)C. The number of ether oxygens (including phenoxy) is 1. The third-order valence-electron chi connectivity index (χ3n) is 1.60. The van der Waals surface area contributed by atoms with E-state index in [1.807, 2.05) is 13.8 Å². The molecule has 0 aromatic rings. The van der Waals surface area contributed by atoms with Crippen molar-refractivity contribution >= 4 is 0 Å². The molecule has 0 N–H and O–H groups in total. The van der Waals surface area contributed by atoms with Crippen LogP contribution < -0.4 is 0 Å². The molecule has 0 saturated heterocycles. The number of hydrogen-bond donors (Lipinski definition) is 0. The minimum absolute atomic E-state index is 0.694. The lowest BCUT2D eigenvalue weighted by Crippen LogP contribution is -2.24. The molecule has 0 saturated carbocycles. The van der Waals surface area contributed by atoms with E-state index in [1.165, 1.54) is 6.42 Å². The van der Waals surface area contributed by atoms with Gasteiger partial charge in [0.1, 0.15) is 0 Å². The molecule has 1 atom stereocenters. The van der Waals surface area contributed by atoms with E-state index in [0.717, 1.165) is 13.2 Å². The van der Waals surface area contributed by atoms with Gasteiger partial charge in [0.25, 0.3) is 0 Å². The molecule has 0 bridgehead atoms. The number of nitrogens with zero attached hydrogens (tertiary/aromatic N) is 1. The molecule has 0 radical (unpaired) electrons. The minimum atomic E-state index is 0.694. The molecule has 0 rings (SSSR count). The second-order valence-corrected chi connectivity index (χ2v) is 2.99. The molecule has 0 aliphatic heterocycles. The molecular weight excluding hydrogens is 150 g/mol. The summed E-state index contributed by atoms with van der Waals surface area (Å²) < 4.78 is 5.07. The summed E-state index contributed by atoms with van der Waals surface area (Å²) in [6, 6.07) is 0. The molecular formula is C10H25NO. The minimum Gasteiger partial charge on any atom is -0.384 e. The average molecular weight is 175 g/mol. The van der Waals surface area contributed by atoms with Gasteiger partial charge in [-0.25, -0.2) is 0 Å². The van der Waals surface area contributed by atoms with E-state index >= 15 is 0 Å². The highest BCUT2D eigenvalue weighted by Gasteiger charge is 2.05. The van der Waals surface area contributed by atoms with Gasteiger partial charge in [-0.3, -0.25) is 0 Å². The molecule has 12 heavy (non-hydrogen) atoms. The van der Waals surface area contributed by atoms with Crippen LogP contribution in [0.4, 0.5) is 0 Å². The first-order valence-electron chi connectivity index (χ1n) is 4.84. The van der Waals surface area contributed by atoms with Crippen LogP contribution in [0.25, 0.3) is 0 Å². The summed E-state index contributed by atoms with van der Waals surface area (Å²) in [4.78, 5) is 2.20. The van der Waals surface area contributed by atoms with Crippen LogP contribution in [0.2, 0.25) is 0 Å². The third-order valence-corrected chi connectivity index (χ3v) is 1.60. The zero-order valence-electron chi connectivity index (χ0n) is 9.55. The van der Waals surface area contributed by atoms with Gasteiger partial charge in [-0.15, -0.1) is 0 Å². The fraction of sp³-hybridized carbons (Fsp3) is 1.00. The van der Waals surface area contributed by atoms with Crippen molar-refractivity contribution in [1.29, 1.82) is 0 Å². The van der Waals surface area contributed by atoms with Crippen LogP contribution in [0, 0.1) is 5.92 Å². The first kappa shape index (κ1) is 14.4. The lowest BCUT2D eigenvalue weighted by atomic mass is 10.1. The Hall–Kier alpha value is -0.0800. The summed E-state index contributed by atoms with van der Waals surface area (Å²) >= 11 is 0. The fourth-order valence-corrected chi connectivity index (χ4v) is 1.05. The van der Waals surface area contributed by atoms with Gasteiger partial charge in [0, 0.05) is 13.7 Å². The Bertz CT molecular complexity index is 74.2. The van der Waals surface area contributed by atoms with Crippen LogP contribution in [0.5, 0.6) is 0 Å². The summed E-state index contributed by atoms with van der Waals surface area (Å²) in [5.41, 5.74) is 0. The van der Waals surface area contributed by atoms with E-state index in [0.29, 0.717) is 5.92 Å². The number of methoxy groups -OCH3 is 1. The molecule has 1 unspecified atom stereocenters. The maximum Gasteiger partial charge on any atom is 0.0502 e. The smallest absolute Gasteiger partial charge is 0.0502 e. The van der Waals surface area contributed by atoms with Crippen molar-refractivity contribution in [2.24, 2.45) is 5.92 Å². The van der Waals surface area contributed by atoms with Gasteiger partial charge in [0.2, 0.25) is 0 Å². The summed E-state index contributed by atoms with van der Waals surface area (Å²) in [6.07, 6.45) is 1.20. The van der Waals surface area contributed by atoms with Gasteiger partial charge in [-0.05, 0) is 26.4 Å². The van der Waals surface area contributed by atoms with Crippen molar-refractivity contribution in [3.05, 3.63) is 0 Å². The Balaban J connectivity index is 0. The first-order valence-corrected chi connectivity index (χ1v) is 4.84. The highest BCUT2D eigenvalue weighted by molar-refractivity contribution is 4.58. The lowest BCUT2D eigenvalue weighted by molar-refractivity contribution is 0.133. The van der Waals surface area contributed by atoms with Crippen molar-refractivity contribution in [3.8, 4) is 0 Å². The normalized spacial score (nSPS) is 12.2. The van der Waals surface area contributed by atoms with Crippen molar-refractivity contribution < 1.29 is 4.74 Å². The molecule has 2 heteroatoms. The Morgan fingerprint density at radius 1 is 1.25 bits per heavy atom. The van der Waals surface area contributed by atoms with E-state index in [9.17, 15) is 0 Å². The van der Waals surface area contributed by atoms with Gasteiger partial charge in [0.15, 0.2) is 0 Å². The van der Waals surface area contributed by atoms with Gasteiger partial charge in [-0.1, -0.05) is 20.8 Å². The van der Waals surface area contributed by atoms with E-state index in [-0.39, 0.29) is 0 Å². The molecule has 2 nitrogen and oxygen atoms in total. The quantitative estimate of drug-likeness (QED) is 0.635. The first-order chi connectivity index (χ1) is 5.70. The van der Waals surface area contributed by atoms with Gasteiger partial charge in [-0.2, -0.15) is 0 Å². The second kappa shape index (κ2) is 10.9. The van der Waals surface area contributed by atoms with Crippen LogP contribution in [0.3, 0.4) is 0 Å². The summed E-state index contributed by atoms with van der Waals surface area (Å²) in [5.74, 6) is 0.694. The van der Waals surface area contributed by atoms with Crippen molar-refractivity contribution in [1.82, 2.24) is 4.90 Å². The molecule has 0 amide bonds. The standard InChI is InChI=1S/C8H19NO.C2H6/c1-5-8(7-10-4)6-9(2)3;1-2/h8H,5-7H2,1-4H3;1-2H3. The maximum absolute atomic E-state index is 5.07. The second-order valence-electron chi connectivity index (χ2n) is 2.99. The zero-order chi connectivity index (χ0) is 9.98. The molecule has 0 fully saturated rings. The topological polar surface area (TPSA) is 12.5 Å². The van der Waals surface area contributed by atoms with Crippen LogP contribution in [-0.2, 0) is 4.74 Å². The zero-order valence-corrected chi connectivity index (χ0v) is 9.55. The Morgan fingerprint density at radius 3 is 2.00 bits per heavy atom. The monoisotopic (exact) mass is 175 g/mol. The molecule has 0 heterocycles. The van der Waals surface area contributed by atoms with E-state index in [1.54, 1.807) is 7.11 Å². The maximum atomic E-state index is 5.07. The molecule has 0 aliphatic carbocycles. The third kappa shape index (κ3) is 9.92. The van der Waals surface area contributed by atoms with Crippen LogP contribution >= 0.6 is 0 Å². The highest BCUT2D eigenvalue weighted by atomic mass is 16.5. The number of rotatable bonds is 5. The van der Waals surface area contributed by atoms with Crippen molar-refractivity contribution in [2.45, 2.75) is 27.2 Å². The predicted octanol–water partition coefficient (Wildman–Crippen LogP) is 2.25. The van der Waals surface area contributed by atoms with Gasteiger partial charge < -0.3 is 9.64 Å². The summed E-state index contributed by atoms with van der Waals surface area (Å²) in [6.45, 7) is 8.21.